The van der Waals surface area contributed by atoms with E-state index in [2.05, 4.69) is 21.2 Å². The van der Waals surface area contributed by atoms with Crippen molar-refractivity contribution < 1.29 is 9.18 Å². The predicted molar refractivity (Wildman–Crippen MR) is 77.6 cm³/mol. The number of rotatable bonds is 2. The van der Waals surface area contributed by atoms with Crippen LogP contribution < -0.4 is 11.1 Å². The zero-order valence-electron chi connectivity index (χ0n) is 10.2. The van der Waals surface area contributed by atoms with Crippen LogP contribution in [0.3, 0.4) is 0 Å². The van der Waals surface area contributed by atoms with E-state index in [1.807, 2.05) is 19.1 Å². The summed E-state index contributed by atoms with van der Waals surface area (Å²) in [5, 5.41) is 2.76. The van der Waals surface area contributed by atoms with E-state index in [1.54, 1.807) is 6.07 Å². The number of nitrogen functional groups attached to an aromatic ring is 1. The zero-order chi connectivity index (χ0) is 14.0. The normalized spacial score (nSPS) is 10.3. The molecule has 1 amide bonds. The third-order valence-electron chi connectivity index (χ3n) is 2.69. The number of amides is 1. The predicted octanol–water partition coefficient (Wildman–Crippen LogP) is 3.73. The van der Waals surface area contributed by atoms with Crippen molar-refractivity contribution in [2.75, 3.05) is 11.1 Å². The topological polar surface area (TPSA) is 55.1 Å². The Balaban J connectivity index is 2.23. The van der Waals surface area contributed by atoms with Crippen molar-refractivity contribution in [1.82, 2.24) is 0 Å². The van der Waals surface area contributed by atoms with E-state index in [0.29, 0.717) is 11.3 Å². The number of aryl methyl sites for hydroxylation is 1. The van der Waals surface area contributed by atoms with Crippen molar-refractivity contribution in [1.29, 1.82) is 0 Å². The summed E-state index contributed by atoms with van der Waals surface area (Å²) < 4.78 is 14.0. The van der Waals surface area contributed by atoms with E-state index in [1.165, 1.54) is 18.2 Å². The average molecular weight is 323 g/mol. The van der Waals surface area contributed by atoms with Gasteiger partial charge in [-0.3, -0.25) is 4.79 Å². The van der Waals surface area contributed by atoms with E-state index in [-0.39, 0.29) is 11.6 Å². The molecule has 0 radical (unpaired) electrons. The first-order valence-electron chi connectivity index (χ1n) is 5.60. The molecule has 0 aliphatic carbocycles. The van der Waals surface area contributed by atoms with E-state index in [9.17, 15) is 9.18 Å². The molecule has 0 fully saturated rings. The molecular weight excluding hydrogens is 311 g/mol. The molecule has 98 valence electrons. The van der Waals surface area contributed by atoms with Gasteiger partial charge in [-0.25, -0.2) is 4.39 Å². The molecule has 0 saturated heterocycles. The van der Waals surface area contributed by atoms with Crippen LogP contribution in [0.25, 0.3) is 0 Å². The molecule has 0 unspecified atom stereocenters. The molecule has 3 N–H and O–H groups in total. The SMILES string of the molecule is Cc1cc(Br)ccc1NC(=O)c1ccc(F)c(N)c1. The second-order valence-electron chi connectivity index (χ2n) is 4.15. The summed E-state index contributed by atoms with van der Waals surface area (Å²) in [5.41, 5.74) is 7.35. The lowest BCUT2D eigenvalue weighted by Gasteiger charge is -2.09. The van der Waals surface area contributed by atoms with Gasteiger partial charge in [0.1, 0.15) is 5.82 Å². The van der Waals surface area contributed by atoms with Crippen LogP contribution in [0.4, 0.5) is 15.8 Å². The summed E-state index contributed by atoms with van der Waals surface area (Å²) in [4.78, 5) is 12.0. The van der Waals surface area contributed by atoms with Gasteiger partial charge in [0.25, 0.3) is 5.91 Å². The molecule has 0 saturated carbocycles. The number of anilines is 2. The van der Waals surface area contributed by atoms with E-state index in [4.69, 9.17) is 5.73 Å². The van der Waals surface area contributed by atoms with Crippen LogP contribution in [-0.4, -0.2) is 5.91 Å². The van der Waals surface area contributed by atoms with E-state index >= 15 is 0 Å². The summed E-state index contributed by atoms with van der Waals surface area (Å²) in [6.07, 6.45) is 0. The van der Waals surface area contributed by atoms with Crippen molar-refractivity contribution in [2.45, 2.75) is 6.92 Å². The number of halogens is 2. The highest BCUT2D eigenvalue weighted by Crippen LogP contribution is 2.21. The molecule has 0 atom stereocenters. The summed E-state index contributed by atoms with van der Waals surface area (Å²) in [7, 11) is 0. The van der Waals surface area contributed by atoms with E-state index < -0.39 is 5.82 Å². The zero-order valence-corrected chi connectivity index (χ0v) is 11.8. The fourth-order valence-corrected chi connectivity index (χ4v) is 2.12. The molecule has 0 aliphatic heterocycles. The molecule has 0 aliphatic rings. The van der Waals surface area contributed by atoms with Crippen LogP contribution in [0.15, 0.2) is 40.9 Å². The second-order valence-corrected chi connectivity index (χ2v) is 5.07. The molecule has 0 bridgehead atoms. The number of nitrogens with two attached hydrogens (primary N) is 1. The Hall–Kier alpha value is -1.88. The van der Waals surface area contributed by atoms with Crippen LogP contribution >= 0.6 is 15.9 Å². The summed E-state index contributed by atoms with van der Waals surface area (Å²) >= 11 is 3.35. The number of carbonyl (C=O) groups excluding carboxylic acids is 1. The van der Waals surface area contributed by atoms with Gasteiger partial charge in [0, 0.05) is 15.7 Å². The molecule has 3 nitrogen and oxygen atoms in total. The first-order valence-corrected chi connectivity index (χ1v) is 6.39. The Morgan fingerprint density at radius 2 is 2.00 bits per heavy atom. The Morgan fingerprint density at radius 3 is 2.63 bits per heavy atom. The molecule has 0 spiro atoms. The van der Waals surface area contributed by atoms with Gasteiger partial charge in [0.15, 0.2) is 0 Å². The Morgan fingerprint density at radius 1 is 1.26 bits per heavy atom. The number of hydrogen-bond acceptors (Lipinski definition) is 2. The van der Waals surface area contributed by atoms with Crippen molar-refractivity contribution in [3.8, 4) is 0 Å². The van der Waals surface area contributed by atoms with E-state index in [0.717, 1.165) is 10.0 Å². The first-order chi connectivity index (χ1) is 8.97. The lowest BCUT2D eigenvalue weighted by atomic mass is 10.1. The first kappa shape index (κ1) is 13.5. The van der Waals surface area contributed by atoms with Crippen LogP contribution in [0.1, 0.15) is 15.9 Å². The van der Waals surface area contributed by atoms with Crippen molar-refractivity contribution in [2.24, 2.45) is 0 Å². The van der Waals surface area contributed by atoms with Gasteiger partial charge in [-0.2, -0.15) is 0 Å². The van der Waals surface area contributed by atoms with Crippen molar-refractivity contribution in [3.05, 3.63) is 57.8 Å². The van der Waals surface area contributed by atoms with Gasteiger partial charge in [0.2, 0.25) is 0 Å². The van der Waals surface area contributed by atoms with Gasteiger partial charge >= 0.3 is 0 Å². The smallest absolute Gasteiger partial charge is 0.255 e. The molecule has 19 heavy (non-hydrogen) atoms. The number of hydrogen-bond donors (Lipinski definition) is 2. The largest absolute Gasteiger partial charge is 0.396 e. The Bertz CT molecular complexity index is 643. The molecule has 5 heteroatoms. The van der Waals surface area contributed by atoms with Crippen molar-refractivity contribution >= 4 is 33.2 Å². The highest BCUT2D eigenvalue weighted by Gasteiger charge is 2.09. The molecule has 2 rings (SSSR count). The highest BCUT2D eigenvalue weighted by atomic mass is 79.9. The summed E-state index contributed by atoms with van der Waals surface area (Å²) in [6, 6.07) is 9.42. The minimum absolute atomic E-state index is 0.0415. The minimum atomic E-state index is -0.531. The molecule has 0 heterocycles. The number of nitrogens with one attached hydrogen (secondary N) is 1. The fourth-order valence-electron chi connectivity index (χ4n) is 1.65. The molecule has 2 aromatic rings. The van der Waals surface area contributed by atoms with Gasteiger partial charge < -0.3 is 11.1 Å². The third kappa shape index (κ3) is 3.12. The average Bonchev–Trinajstić information content (AvgIpc) is 2.36. The molecule has 0 aromatic heterocycles. The number of benzene rings is 2. The van der Waals surface area contributed by atoms with Crippen molar-refractivity contribution in [3.63, 3.8) is 0 Å². The number of carbonyl (C=O) groups is 1. The maximum atomic E-state index is 13.0. The van der Waals surface area contributed by atoms with Gasteiger partial charge in [0.05, 0.1) is 5.69 Å². The maximum absolute atomic E-state index is 13.0. The Labute approximate surface area is 118 Å². The lowest BCUT2D eigenvalue weighted by Crippen LogP contribution is -2.13. The fraction of sp³-hybridized carbons (Fsp3) is 0.0714. The molecular formula is C14H12BrFN2O. The molecule has 2 aromatic carbocycles. The summed E-state index contributed by atoms with van der Waals surface area (Å²) in [5.74, 6) is -0.853. The second kappa shape index (κ2) is 5.40. The summed E-state index contributed by atoms with van der Waals surface area (Å²) in [6.45, 7) is 1.89. The van der Waals surface area contributed by atoms with Crippen LogP contribution in [0, 0.1) is 12.7 Å². The highest BCUT2D eigenvalue weighted by molar-refractivity contribution is 9.10. The third-order valence-corrected chi connectivity index (χ3v) is 3.19. The monoisotopic (exact) mass is 322 g/mol. The Kier molecular flexibility index (Phi) is 3.85. The maximum Gasteiger partial charge on any atom is 0.255 e. The van der Waals surface area contributed by atoms with Gasteiger partial charge in [-0.15, -0.1) is 0 Å². The van der Waals surface area contributed by atoms with Crippen LogP contribution in [0.2, 0.25) is 0 Å². The van der Waals surface area contributed by atoms with Gasteiger partial charge in [-0.05, 0) is 48.9 Å². The minimum Gasteiger partial charge on any atom is -0.396 e. The van der Waals surface area contributed by atoms with Crippen LogP contribution in [0.5, 0.6) is 0 Å². The lowest BCUT2D eigenvalue weighted by molar-refractivity contribution is 0.102. The van der Waals surface area contributed by atoms with Gasteiger partial charge in [-0.1, -0.05) is 15.9 Å². The quantitative estimate of drug-likeness (QED) is 0.828. The standard InChI is InChI=1S/C14H12BrFN2O/c1-8-6-10(15)3-5-13(8)18-14(19)9-2-4-11(16)12(17)7-9/h2-7H,17H2,1H3,(H,18,19). The van der Waals surface area contributed by atoms with Crippen LogP contribution in [-0.2, 0) is 0 Å².